The molecular weight excluding hydrogens is 443 g/mol. The predicted molar refractivity (Wildman–Crippen MR) is 133 cm³/mol. The number of halogens is 1. The Bertz CT molecular complexity index is 1320. The molecule has 1 aliphatic heterocycles. The molecule has 4 rings (SSSR count). The van der Waals surface area contributed by atoms with Crippen molar-refractivity contribution in [3.8, 4) is 17.8 Å². The zero-order valence-corrected chi connectivity index (χ0v) is 19.9. The summed E-state index contributed by atoms with van der Waals surface area (Å²) in [5, 5.41) is 21.7. The number of nitrogens with one attached hydrogen (secondary N) is 1. The van der Waals surface area contributed by atoms with E-state index in [4.69, 9.17) is 5.26 Å². The summed E-state index contributed by atoms with van der Waals surface area (Å²) in [6.45, 7) is 6.98. The van der Waals surface area contributed by atoms with Gasteiger partial charge < -0.3 is 10.2 Å². The summed E-state index contributed by atoms with van der Waals surface area (Å²) in [4.78, 5) is 17.4. The molecular formula is C27H27FN6O. The number of anilines is 2. The minimum absolute atomic E-state index is 0.193. The third-order valence-electron chi connectivity index (χ3n) is 6.47. The number of hydrogen-bond donors (Lipinski definition) is 1. The van der Waals surface area contributed by atoms with Crippen LogP contribution in [-0.4, -0.2) is 48.1 Å². The molecule has 0 saturated carbocycles. The highest BCUT2D eigenvalue weighted by atomic mass is 19.1. The Labute approximate surface area is 204 Å². The highest BCUT2D eigenvalue weighted by Gasteiger charge is 2.23. The molecule has 0 radical (unpaired) electrons. The lowest BCUT2D eigenvalue weighted by Crippen LogP contribution is -2.36. The van der Waals surface area contributed by atoms with Gasteiger partial charge in [0.25, 0.3) is 0 Å². The van der Waals surface area contributed by atoms with Gasteiger partial charge in [-0.2, -0.15) is 10.5 Å². The van der Waals surface area contributed by atoms with Crippen LogP contribution in [0.4, 0.5) is 15.9 Å². The van der Waals surface area contributed by atoms with Crippen LogP contribution in [0.1, 0.15) is 28.8 Å². The van der Waals surface area contributed by atoms with Gasteiger partial charge in [-0.1, -0.05) is 6.07 Å². The molecule has 1 amide bonds. The lowest BCUT2D eigenvalue weighted by Gasteiger charge is -2.23. The maximum absolute atomic E-state index is 13.9. The fourth-order valence-corrected chi connectivity index (χ4v) is 4.51. The lowest BCUT2D eigenvalue weighted by molar-refractivity contribution is -0.117. The van der Waals surface area contributed by atoms with Gasteiger partial charge in [0.15, 0.2) is 0 Å². The fraction of sp³-hybridized carbons (Fsp3) is 0.296. The van der Waals surface area contributed by atoms with Crippen LogP contribution in [0.3, 0.4) is 0 Å². The average Bonchev–Trinajstić information content (AvgIpc) is 2.98. The first-order valence-corrected chi connectivity index (χ1v) is 11.6. The number of carbonyl (C=O) groups excluding carboxylic acids is 1. The van der Waals surface area contributed by atoms with Crippen molar-refractivity contribution in [1.82, 2.24) is 9.47 Å². The second-order valence-electron chi connectivity index (χ2n) is 8.68. The molecule has 1 saturated heterocycles. The molecule has 1 fully saturated rings. The summed E-state index contributed by atoms with van der Waals surface area (Å²) >= 11 is 0. The van der Waals surface area contributed by atoms with Gasteiger partial charge >= 0.3 is 0 Å². The number of aromatic nitrogens is 1. The van der Waals surface area contributed by atoms with Crippen LogP contribution in [0.15, 0.2) is 48.5 Å². The average molecular weight is 471 g/mol. The molecule has 1 N–H and O–H groups in total. The monoisotopic (exact) mass is 470 g/mol. The number of nitrogens with zero attached hydrogens (tertiary/aromatic N) is 5. The highest BCUT2D eigenvalue weighted by Crippen LogP contribution is 2.30. The number of nitriles is 2. The number of hydrogen-bond acceptors (Lipinski definition) is 5. The van der Waals surface area contributed by atoms with Crippen molar-refractivity contribution in [3.05, 3.63) is 76.7 Å². The molecule has 0 bridgehead atoms. The first-order chi connectivity index (χ1) is 16.9. The predicted octanol–water partition coefficient (Wildman–Crippen LogP) is 4.13. The SMILES string of the molecule is Cc1c(C#N)c(NC(=O)CN2CCCN(c3ccc(C#N)cc3)CC2)n(-c2cccc(F)c2)c1C. The molecule has 2 aromatic carbocycles. The molecule has 2 heterocycles. The second kappa shape index (κ2) is 10.4. The van der Waals surface area contributed by atoms with Crippen molar-refractivity contribution >= 4 is 17.4 Å². The number of rotatable bonds is 5. The van der Waals surface area contributed by atoms with Crippen LogP contribution in [0, 0.1) is 42.3 Å². The Morgan fingerprint density at radius 1 is 1.00 bits per heavy atom. The first kappa shape index (κ1) is 24.0. The van der Waals surface area contributed by atoms with Crippen LogP contribution in [0.5, 0.6) is 0 Å². The molecule has 8 heteroatoms. The number of benzene rings is 2. The molecule has 0 unspecified atom stereocenters. The Morgan fingerprint density at radius 3 is 2.46 bits per heavy atom. The van der Waals surface area contributed by atoms with Gasteiger partial charge in [0.05, 0.1) is 29.4 Å². The topological polar surface area (TPSA) is 88.1 Å². The molecule has 3 aromatic rings. The summed E-state index contributed by atoms with van der Waals surface area (Å²) in [5.74, 6) is -0.240. The minimum Gasteiger partial charge on any atom is -0.370 e. The number of amides is 1. The molecule has 178 valence electrons. The van der Waals surface area contributed by atoms with E-state index in [9.17, 15) is 14.4 Å². The zero-order valence-electron chi connectivity index (χ0n) is 19.9. The molecule has 1 aliphatic rings. The van der Waals surface area contributed by atoms with Crippen LogP contribution in [0.2, 0.25) is 0 Å². The minimum atomic E-state index is -0.388. The largest absolute Gasteiger partial charge is 0.370 e. The first-order valence-electron chi connectivity index (χ1n) is 11.6. The van der Waals surface area contributed by atoms with E-state index in [1.807, 2.05) is 38.1 Å². The van der Waals surface area contributed by atoms with Crippen molar-refractivity contribution in [2.24, 2.45) is 0 Å². The normalized spacial score (nSPS) is 14.1. The van der Waals surface area contributed by atoms with Crippen LogP contribution < -0.4 is 10.2 Å². The Morgan fingerprint density at radius 2 is 1.77 bits per heavy atom. The van der Waals surface area contributed by atoms with E-state index in [1.165, 1.54) is 12.1 Å². The van der Waals surface area contributed by atoms with Gasteiger partial charge in [-0.3, -0.25) is 14.3 Å². The van der Waals surface area contributed by atoms with Crippen LogP contribution in [-0.2, 0) is 4.79 Å². The molecule has 1 aromatic heterocycles. The van der Waals surface area contributed by atoms with Crippen molar-refractivity contribution in [2.75, 3.05) is 42.9 Å². The molecule has 0 spiro atoms. The van der Waals surface area contributed by atoms with Crippen molar-refractivity contribution < 1.29 is 9.18 Å². The Kier molecular flexibility index (Phi) is 7.14. The van der Waals surface area contributed by atoms with Crippen LogP contribution >= 0.6 is 0 Å². The van der Waals surface area contributed by atoms with Gasteiger partial charge in [-0.25, -0.2) is 4.39 Å². The fourth-order valence-electron chi connectivity index (χ4n) is 4.51. The third-order valence-corrected chi connectivity index (χ3v) is 6.47. The smallest absolute Gasteiger partial charge is 0.239 e. The summed E-state index contributed by atoms with van der Waals surface area (Å²) in [6.07, 6.45) is 0.897. The van der Waals surface area contributed by atoms with Crippen molar-refractivity contribution in [1.29, 1.82) is 10.5 Å². The van der Waals surface area contributed by atoms with E-state index < -0.39 is 0 Å². The van der Waals surface area contributed by atoms with Gasteiger partial charge in [-0.05, 0) is 68.3 Å². The van der Waals surface area contributed by atoms with Gasteiger partial charge in [0.2, 0.25) is 5.91 Å². The van der Waals surface area contributed by atoms with E-state index >= 15 is 0 Å². The van der Waals surface area contributed by atoms with E-state index in [0.29, 0.717) is 29.2 Å². The third kappa shape index (κ3) is 5.18. The van der Waals surface area contributed by atoms with Gasteiger partial charge in [0.1, 0.15) is 17.7 Å². The van der Waals surface area contributed by atoms with E-state index in [2.05, 4.69) is 27.3 Å². The summed E-state index contributed by atoms with van der Waals surface area (Å²) in [5.41, 5.74) is 4.15. The van der Waals surface area contributed by atoms with Crippen LogP contribution in [0.25, 0.3) is 5.69 Å². The Balaban J connectivity index is 1.47. The summed E-state index contributed by atoms with van der Waals surface area (Å²) in [7, 11) is 0. The van der Waals surface area contributed by atoms with E-state index in [-0.39, 0.29) is 18.3 Å². The zero-order chi connectivity index (χ0) is 24.9. The van der Waals surface area contributed by atoms with Crippen molar-refractivity contribution in [3.63, 3.8) is 0 Å². The molecule has 0 aliphatic carbocycles. The maximum atomic E-state index is 13.9. The van der Waals surface area contributed by atoms with Gasteiger partial charge in [0, 0.05) is 37.6 Å². The molecule has 35 heavy (non-hydrogen) atoms. The molecule has 0 atom stereocenters. The number of carbonyl (C=O) groups is 1. The lowest BCUT2D eigenvalue weighted by atomic mass is 10.2. The summed E-state index contributed by atoms with van der Waals surface area (Å²) in [6, 6.07) is 18.0. The standard InChI is InChI=1S/C27H27FN6O/c1-19-20(2)34(24-6-3-5-22(28)15-24)27(25(19)17-30)31-26(35)18-32-11-4-12-33(14-13-32)23-9-7-21(16-29)8-10-23/h3,5-10,15H,4,11-14,18H2,1-2H3,(H,31,35). The van der Waals surface area contributed by atoms with Gasteiger partial charge in [-0.15, -0.1) is 0 Å². The Hall–Kier alpha value is -4.14. The quantitative estimate of drug-likeness (QED) is 0.606. The van der Waals surface area contributed by atoms with Crippen molar-refractivity contribution in [2.45, 2.75) is 20.3 Å². The highest BCUT2D eigenvalue weighted by molar-refractivity contribution is 5.93. The summed E-state index contributed by atoms with van der Waals surface area (Å²) < 4.78 is 15.6. The van der Waals surface area contributed by atoms with E-state index in [1.54, 1.807) is 16.7 Å². The second-order valence-corrected chi connectivity index (χ2v) is 8.68. The molecule has 7 nitrogen and oxygen atoms in total. The maximum Gasteiger partial charge on any atom is 0.239 e. The van der Waals surface area contributed by atoms with E-state index in [0.717, 1.165) is 43.0 Å².